The monoisotopic (exact) mass is 360 g/mol. The summed E-state index contributed by atoms with van der Waals surface area (Å²) in [4.78, 5) is 36.6. The summed E-state index contributed by atoms with van der Waals surface area (Å²) in [5, 5.41) is 6.53. The highest BCUT2D eigenvalue weighted by atomic mass is 16.5. The first-order valence-electron chi connectivity index (χ1n) is 8.60. The fraction of sp³-hybridized carbons (Fsp3) is 0.444. The molecular formula is C18H24N4O4. The number of nitrogens with one attached hydrogen (secondary N) is 2. The molecule has 2 N–H and O–H groups in total. The molecule has 1 aromatic carbocycles. The quantitative estimate of drug-likeness (QED) is 0.442. The van der Waals surface area contributed by atoms with Crippen molar-refractivity contribution in [3.05, 3.63) is 29.8 Å². The van der Waals surface area contributed by atoms with Crippen LogP contribution in [0.4, 0.5) is 0 Å². The maximum atomic E-state index is 11.8. The summed E-state index contributed by atoms with van der Waals surface area (Å²) < 4.78 is 5.38. The van der Waals surface area contributed by atoms with E-state index in [1.54, 1.807) is 24.3 Å². The summed E-state index contributed by atoms with van der Waals surface area (Å²) in [7, 11) is 0. The zero-order chi connectivity index (χ0) is 18.9. The molecule has 8 nitrogen and oxygen atoms in total. The predicted molar refractivity (Wildman–Crippen MR) is 96.8 cm³/mol. The van der Waals surface area contributed by atoms with E-state index in [0.29, 0.717) is 18.8 Å². The average molecular weight is 360 g/mol. The molecule has 2 rings (SSSR count). The van der Waals surface area contributed by atoms with Crippen molar-refractivity contribution in [2.24, 2.45) is 5.10 Å². The summed E-state index contributed by atoms with van der Waals surface area (Å²) in [6.07, 6.45) is 3.29. The van der Waals surface area contributed by atoms with E-state index in [1.807, 2.05) is 13.8 Å². The summed E-state index contributed by atoms with van der Waals surface area (Å²) in [6.45, 7) is 4.94. The topological polar surface area (TPSA) is 100 Å². The minimum absolute atomic E-state index is 0.0553. The number of hydrogen-bond acceptors (Lipinski definition) is 5. The van der Waals surface area contributed by atoms with Gasteiger partial charge in [-0.05, 0) is 56.5 Å². The Balaban J connectivity index is 1.77. The van der Waals surface area contributed by atoms with Crippen LogP contribution in [0.1, 0.15) is 32.3 Å². The lowest BCUT2D eigenvalue weighted by Crippen LogP contribution is -2.39. The van der Waals surface area contributed by atoms with E-state index in [4.69, 9.17) is 4.74 Å². The van der Waals surface area contributed by atoms with Crippen LogP contribution in [0.2, 0.25) is 0 Å². The van der Waals surface area contributed by atoms with Gasteiger partial charge in [0.05, 0.1) is 6.21 Å². The maximum Gasteiger partial charge on any atom is 0.329 e. The van der Waals surface area contributed by atoms with Crippen LogP contribution in [0.15, 0.2) is 29.4 Å². The number of rotatable bonds is 6. The van der Waals surface area contributed by atoms with Gasteiger partial charge in [-0.3, -0.25) is 14.4 Å². The largest absolute Gasteiger partial charge is 0.484 e. The lowest BCUT2D eigenvalue weighted by Gasteiger charge is -2.12. The Morgan fingerprint density at radius 2 is 1.85 bits per heavy atom. The van der Waals surface area contributed by atoms with Crippen LogP contribution >= 0.6 is 0 Å². The van der Waals surface area contributed by atoms with Crippen molar-refractivity contribution in [3.63, 3.8) is 0 Å². The minimum Gasteiger partial charge on any atom is -0.484 e. The first kappa shape index (κ1) is 19.4. The molecule has 1 aliphatic rings. The zero-order valence-corrected chi connectivity index (χ0v) is 15.0. The van der Waals surface area contributed by atoms with Gasteiger partial charge < -0.3 is 15.0 Å². The van der Waals surface area contributed by atoms with Crippen LogP contribution < -0.4 is 15.5 Å². The highest BCUT2D eigenvalue weighted by Crippen LogP contribution is 2.11. The van der Waals surface area contributed by atoms with Crippen LogP contribution in [0, 0.1) is 0 Å². The molecule has 0 radical (unpaired) electrons. The first-order chi connectivity index (χ1) is 12.5. The molecule has 3 amide bonds. The summed E-state index contributed by atoms with van der Waals surface area (Å²) in [5.74, 6) is -0.923. The van der Waals surface area contributed by atoms with E-state index in [1.165, 1.54) is 11.1 Å². The van der Waals surface area contributed by atoms with Crippen LogP contribution in [0.5, 0.6) is 5.75 Å². The fourth-order valence-electron chi connectivity index (χ4n) is 2.44. The van der Waals surface area contributed by atoms with Crippen molar-refractivity contribution in [2.75, 3.05) is 19.7 Å². The second-order valence-electron chi connectivity index (χ2n) is 6.28. The lowest BCUT2D eigenvalue weighted by atomic mass is 10.2. The van der Waals surface area contributed by atoms with Gasteiger partial charge >= 0.3 is 11.8 Å². The van der Waals surface area contributed by atoms with Gasteiger partial charge in [-0.1, -0.05) is 0 Å². The molecule has 1 aliphatic heterocycles. The number of hydrogen-bond donors (Lipinski definition) is 2. The van der Waals surface area contributed by atoms with Crippen LogP contribution in [-0.4, -0.2) is 54.6 Å². The van der Waals surface area contributed by atoms with Crippen molar-refractivity contribution < 1.29 is 19.1 Å². The van der Waals surface area contributed by atoms with Crippen LogP contribution in [-0.2, 0) is 14.4 Å². The molecule has 0 spiro atoms. The Morgan fingerprint density at radius 1 is 1.19 bits per heavy atom. The zero-order valence-electron chi connectivity index (χ0n) is 15.0. The van der Waals surface area contributed by atoms with Gasteiger partial charge in [-0.2, -0.15) is 5.10 Å². The molecule has 26 heavy (non-hydrogen) atoms. The number of hydrazone groups is 1. The van der Waals surface area contributed by atoms with Crippen molar-refractivity contribution in [1.29, 1.82) is 0 Å². The van der Waals surface area contributed by atoms with Gasteiger partial charge in [0.25, 0.3) is 5.91 Å². The third-order valence-corrected chi connectivity index (χ3v) is 3.67. The van der Waals surface area contributed by atoms with Crippen LogP contribution in [0.3, 0.4) is 0 Å². The van der Waals surface area contributed by atoms with E-state index in [9.17, 15) is 14.4 Å². The number of nitrogens with zero attached hydrogens (tertiary/aromatic N) is 2. The van der Waals surface area contributed by atoms with E-state index >= 15 is 0 Å². The first-order valence-corrected chi connectivity index (χ1v) is 8.60. The molecule has 0 aliphatic carbocycles. The van der Waals surface area contributed by atoms with Gasteiger partial charge in [0.1, 0.15) is 5.75 Å². The van der Waals surface area contributed by atoms with E-state index in [0.717, 1.165) is 18.4 Å². The van der Waals surface area contributed by atoms with Gasteiger partial charge in [0.2, 0.25) is 0 Å². The SMILES string of the molecule is CC(C)NC(=O)COc1ccc(/C=N/NC(=O)C(=O)N2CCCC2)cc1. The molecule has 140 valence electrons. The highest BCUT2D eigenvalue weighted by Gasteiger charge is 2.23. The summed E-state index contributed by atoms with van der Waals surface area (Å²) in [6, 6.07) is 6.92. The van der Waals surface area contributed by atoms with E-state index < -0.39 is 11.8 Å². The van der Waals surface area contributed by atoms with Crippen molar-refractivity contribution in [2.45, 2.75) is 32.7 Å². The second-order valence-corrected chi connectivity index (χ2v) is 6.28. The number of carbonyl (C=O) groups is 3. The number of likely N-dealkylation sites (tertiary alicyclic amines) is 1. The molecule has 0 saturated carbocycles. The Kier molecular flexibility index (Phi) is 7.13. The number of carbonyl (C=O) groups excluding carboxylic acids is 3. The van der Waals surface area contributed by atoms with Gasteiger partial charge in [0.15, 0.2) is 6.61 Å². The third-order valence-electron chi connectivity index (χ3n) is 3.67. The standard InChI is InChI=1S/C18H24N4O4/c1-13(2)20-16(23)12-26-15-7-5-14(6-8-15)11-19-21-17(24)18(25)22-9-3-4-10-22/h5-8,11,13H,3-4,9-10,12H2,1-2H3,(H,20,23)(H,21,24)/b19-11+. The van der Waals surface area contributed by atoms with Crippen molar-refractivity contribution in [3.8, 4) is 5.75 Å². The van der Waals surface area contributed by atoms with Gasteiger partial charge in [0, 0.05) is 19.1 Å². The molecule has 1 aromatic rings. The Labute approximate surface area is 152 Å². The summed E-state index contributed by atoms with van der Waals surface area (Å²) in [5.41, 5.74) is 2.96. The smallest absolute Gasteiger partial charge is 0.329 e. The molecule has 0 bridgehead atoms. The summed E-state index contributed by atoms with van der Waals surface area (Å²) >= 11 is 0. The maximum absolute atomic E-state index is 11.8. The van der Waals surface area contributed by atoms with Crippen LogP contribution in [0.25, 0.3) is 0 Å². The average Bonchev–Trinajstić information content (AvgIpc) is 3.14. The van der Waals surface area contributed by atoms with Crippen molar-refractivity contribution in [1.82, 2.24) is 15.6 Å². The molecule has 1 heterocycles. The number of benzene rings is 1. The Hall–Kier alpha value is -2.90. The van der Waals surface area contributed by atoms with Gasteiger partial charge in [-0.15, -0.1) is 0 Å². The molecule has 0 atom stereocenters. The molecule has 0 aromatic heterocycles. The molecule has 1 fully saturated rings. The number of ether oxygens (including phenoxy) is 1. The molecule has 0 unspecified atom stereocenters. The van der Waals surface area contributed by atoms with Crippen molar-refractivity contribution >= 4 is 23.9 Å². The molecular weight excluding hydrogens is 336 g/mol. The Bertz CT molecular complexity index is 664. The number of amides is 3. The predicted octanol–water partition coefficient (Wildman–Crippen LogP) is 0.662. The Morgan fingerprint density at radius 3 is 2.46 bits per heavy atom. The molecule has 8 heteroatoms. The minimum atomic E-state index is -0.737. The van der Waals surface area contributed by atoms with E-state index in [2.05, 4.69) is 15.8 Å². The normalized spacial score (nSPS) is 13.9. The van der Waals surface area contributed by atoms with Gasteiger partial charge in [-0.25, -0.2) is 5.43 Å². The highest BCUT2D eigenvalue weighted by molar-refractivity contribution is 6.35. The lowest BCUT2D eigenvalue weighted by molar-refractivity contribution is -0.145. The fourth-order valence-corrected chi connectivity index (χ4v) is 2.44. The molecule has 1 saturated heterocycles. The third kappa shape index (κ3) is 6.19. The van der Waals surface area contributed by atoms with E-state index in [-0.39, 0.29) is 18.6 Å². The second kappa shape index (κ2) is 9.55.